The van der Waals surface area contributed by atoms with E-state index in [0.29, 0.717) is 11.6 Å². The first kappa shape index (κ1) is 22.6. The molecule has 7 nitrogen and oxygen atoms in total. The average Bonchev–Trinajstić information content (AvgIpc) is 3.42. The van der Waals surface area contributed by atoms with Gasteiger partial charge < -0.3 is 19.0 Å². The van der Waals surface area contributed by atoms with Crippen LogP contribution in [0.5, 0.6) is 0 Å². The van der Waals surface area contributed by atoms with Crippen molar-refractivity contribution in [2.45, 2.75) is 58.7 Å². The fraction of sp³-hybridized carbons (Fsp3) is 0.520. The van der Waals surface area contributed by atoms with Crippen molar-refractivity contribution in [3.05, 3.63) is 47.5 Å². The van der Waals surface area contributed by atoms with Crippen LogP contribution < -0.4 is 0 Å². The Morgan fingerprint density at radius 1 is 1.22 bits per heavy atom. The molecule has 3 aromatic rings. The van der Waals surface area contributed by atoms with Crippen LogP contribution in [0.25, 0.3) is 16.9 Å². The lowest BCUT2D eigenvalue weighted by Gasteiger charge is -2.39. The lowest BCUT2D eigenvalue weighted by Crippen LogP contribution is -2.43. The number of imidazole rings is 1. The van der Waals surface area contributed by atoms with Gasteiger partial charge in [-0.25, -0.2) is 9.78 Å². The molecule has 1 atom stereocenters. The van der Waals surface area contributed by atoms with Gasteiger partial charge in [0, 0.05) is 60.5 Å². The molecule has 0 saturated carbocycles. The summed E-state index contributed by atoms with van der Waals surface area (Å²) in [7, 11) is 4.33. The number of carbonyl (C=O) groups is 1. The van der Waals surface area contributed by atoms with Gasteiger partial charge >= 0.3 is 5.97 Å². The summed E-state index contributed by atoms with van der Waals surface area (Å²) in [4.78, 5) is 25.4. The molecule has 1 fully saturated rings. The number of piperidine rings is 1. The van der Waals surface area contributed by atoms with Crippen molar-refractivity contribution in [1.29, 1.82) is 0 Å². The maximum atomic E-state index is 13.0. The van der Waals surface area contributed by atoms with Crippen LogP contribution in [0.4, 0.5) is 0 Å². The van der Waals surface area contributed by atoms with Gasteiger partial charge in [-0.3, -0.25) is 4.90 Å². The number of ether oxygens (including phenoxy) is 1. The average molecular weight is 438 g/mol. The Labute approximate surface area is 190 Å². The highest BCUT2D eigenvalue weighted by atomic mass is 16.5. The first-order valence-corrected chi connectivity index (χ1v) is 11.5. The van der Waals surface area contributed by atoms with E-state index >= 15 is 0 Å². The molecule has 0 aliphatic carbocycles. The maximum absolute atomic E-state index is 13.0. The minimum atomic E-state index is -0.263. The second-order valence-electron chi connectivity index (χ2n) is 9.39. The Morgan fingerprint density at radius 3 is 2.53 bits per heavy atom. The van der Waals surface area contributed by atoms with E-state index in [1.807, 2.05) is 33.0 Å². The fourth-order valence-corrected chi connectivity index (χ4v) is 4.89. The number of fused-ring (bicyclic) bond motifs is 1. The third-order valence-corrected chi connectivity index (χ3v) is 6.70. The topological polar surface area (TPSA) is 65.9 Å². The van der Waals surface area contributed by atoms with Gasteiger partial charge in [-0.2, -0.15) is 0 Å². The van der Waals surface area contributed by atoms with Crippen molar-refractivity contribution in [2.24, 2.45) is 0 Å². The van der Waals surface area contributed by atoms with Gasteiger partial charge in [0.1, 0.15) is 5.82 Å². The van der Waals surface area contributed by atoms with E-state index in [4.69, 9.17) is 4.74 Å². The summed E-state index contributed by atoms with van der Waals surface area (Å²) >= 11 is 0. The highest BCUT2D eigenvalue weighted by Crippen LogP contribution is 2.33. The summed E-state index contributed by atoms with van der Waals surface area (Å²) in [5.41, 5.74) is 4.73. The molecule has 0 aromatic carbocycles. The number of nitrogens with one attached hydrogen (secondary N) is 1. The van der Waals surface area contributed by atoms with Crippen molar-refractivity contribution in [3.8, 4) is 11.4 Å². The SMILES string of the molecule is Cc1c(C(=O)OC(C)C)cc2cc(-c3ncc[nH]3)cn2c1C(C)N1CCC(N(C)C)CC1. The van der Waals surface area contributed by atoms with E-state index in [-0.39, 0.29) is 18.1 Å². The van der Waals surface area contributed by atoms with Crippen LogP contribution >= 0.6 is 0 Å². The van der Waals surface area contributed by atoms with Crippen molar-refractivity contribution >= 4 is 11.5 Å². The number of nitrogens with zero attached hydrogens (tertiary/aromatic N) is 4. The molecule has 0 bridgehead atoms. The Balaban J connectivity index is 1.78. The van der Waals surface area contributed by atoms with Crippen LogP contribution in [-0.2, 0) is 4.74 Å². The van der Waals surface area contributed by atoms with E-state index in [0.717, 1.165) is 54.1 Å². The van der Waals surface area contributed by atoms with Crippen LogP contribution in [0, 0.1) is 6.92 Å². The molecule has 0 amide bonds. The van der Waals surface area contributed by atoms with Crippen molar-refractivity contribution in [3.63, 3.8) is 0 Å². The standard InChI is InChI=1S/C25H35N5O2/c1-16(2)32-25(31)22-14-21-13-19(24-26-9-10-27-24)15-30(21)23(17(22)3)18(4)29-11-7-20(8-12-29)28(5)6/h9-10,13-16,18,20H,7-8,11-12H2,1-6H3,(H,26,27). The van der Waals surface area contributed by atoms with Crippen molar-refractivity contribution in [2.75, 3.05) is 27.2 Å². The summed E-state index contributed by atoms with van der Waals surface area (Å²) in [5, 5.41) is 0. The Bertz CT molecular complexity index is 1080. The number of aromatic amines is 1. The lowest BCUT2D eigenvalue weighted by molar-refractivity contribution is 0.0376. The molecule has 4 heterocycles. The largest absolute Gasteiger partial charge is 0.459 e. The molecule has 172 valence electrons. The molecule has 32 heavy (non-hydrogen) atoms. The number of rotatable bonds is 6. The second-order valence-corrected chi connectivity index (χ2v) is 9.39. The first-order valence-electron chi connectivity index (χ1n) is 11.5. The monoisotopic (exact) mass is 437 g/mol. The van der Waals surface area contributed by atoms with E-state index in [1.165, 1.54) is 0 Å². The summed E-state index contributed by atoms with van der Waals surface area (Å²) in [6.07, 6.45) is 7.85. The molecular weight excluding hydrogens is 402 g/mol. The zero-order chi connectivity index (χ0) is 23.0. The molecule has 7 heteroatoms. The number of hydrogen-bond acceptors (Lipinski definition) is 5. The molecule has 1 aliphatic rings. The first-order chi connectivity index (χ1) is 15.3. The van der Waals surface area contributed by atoms with E-state index < -0.39 is 0 Å². The molecular formula is C25H35N5O2. The number of carbonyl (C=O) groups excluding carboxylic acids is 1. The van der Waals surface area contributed by atoms with Crippen LogP contribution in [-0.4, -0.2) is 69.5 Å². The number of pyridine rings is 1. The molecule has 1 N–H and O–H groups in total. The Hall–Kier alpha value is -2.64. The summed E-state index contributed by atoms with van der Waals surface area (Å²) in [6.45, 7) is 10.1. The molecule has 1 saturated heterocycles. The van der Waals surface area contributed by atoms with E-state index in [9.17, 15) is 4.79 Å². The fourth-order valence-electron chi connectivity index (χ4n) is 4.89. The summed E-state index contributed by atoms with van der Waals surface area (Å²) < 4.78 is 7.80. The van der Waals surface area contributed by atoms with Crippen LogP contribution in [0.3, 0.4) is 0 Å². The third kappa shape index (κ3) is 4.32. The van der Waals surface area contributed by atoms with Crippen LogP contribution in [0.1, 0.15) is 61.3 Å². The summed E-state index contributed by atoms with van der Waals surface area (Å²) in [5.74, 6) is 0.559. The van der Waals surface area contributed by atoms with Crippen LogP contribution in [0.15, 0.2) is 30.7 Å². The Kier molecular flexibility index (Phi) is 6.40. The molecule has 3 aromatic heterocycles. The zero-order valence-corrected chi connectivity index (χ0v) is 20.1. The van der Waals surface area contributed by atoms with Crippen molar-refractivity contribution in [1.82, 2.24) is 24.2 Å². The minimum Gasteiger partial charge on any atom is -0.459 e. The quantitative estimate of drug-likeness (QED) is 0.583. The predicted molar refractivity (Wildman–Crippen MR) is 127 cm³/mol. The van der Waals surface area contributed by atoms with E-state index in [2.05, 4.69) is 57.5 Å². The molecule has 4 rings (SSSR count). The highest BCUT2D eigenvalue weighted by Gasteiger charge is 2.29. The minimum absolute atomic E-state index is 0.158. The third-order valence-electron chi connectivity index (χ3n) is 6.70. The highest BCUT2D eigenvalue weighted by molar-refractivity contribution is 5.93. The number of esters is 1. The number of hydrogen-bond donors (Lipinski definition) is 1. The second kappa shape index (κ2) is 9.08. The molecule has 0 radical (unpaired) electrons. The zero-order valence-electron chi connectivity index (χ0n) is 20.1. The van der Waals surface area contributed by atoms with E-state index in [1.54, 1.807) is 6.20 Å². The van der Waals surface area contributed by atoms with Gasteiger partial charge in [-0.15, -0.1) is 0 Å². The maximum Gasteiger partial charge on any atom is 0.338 e. The summed E-state index contributed by atoms with van der Waals surface area (Å²) in [6, 6.07) is 4.83. The van der Waals surface area contributed by atoms with Gasteiger partial charge in [-0.05, 0) is 72.3 Å². The van der Waals surface area contributed by atoms with Gasteiger partial charge in [0.25, 0.3) is 0 Å². The molecule has 1 unspecified atom stereocenters. The van der Waals surface area contributed by atoms with Gasteiger partial charge in [0.15, 0.2) is 0 Å². The molecule has 0 spiro atoms. The molecule has 1 aliphatic heterocycles. The van der Waals surface area contributed by atoms with Gasteiger partial charge in [-0.1, -0.05) is 0 Å². The Morgan fingerprint density at radius 2 is 1.94 bits per heavy atom. The van der Waals surface area contributed by atoms with Gasteiger partial charge in [0.05, 0.1) is 11.7 Å². The predicted octanol–water partition coefficient (Wildman–Crippen LogP) is 4.29. The number of H-pyrrole nitrogens is 1. The number of likely N-dealkylation sites (tertiary alicyclic amines) is 1. The normalized spacial score (nSPS) is 16.9. The smallest absolute Gasteiger partial charge is 0.338 e. The number of aromatic nitrogens is 3. The lowest BCUT2D eigenvalue weighted by atomic mass is 9.98. The van der Waals surface area contributed by atoms with Crippen LogP contribution in [0.2, 0.25) is 0 Å². The van der Waals surface area contributed by atoms with Gasteiger partial charge in [0.2, 0.25) is 0 Å². The van der Waals surface area contributed by atoms with Crippen molar-refractivity contribution < 1.29 is 9.53 Å².